The third-order valence-electron chi connectivity index (χ3n) is 5.92. The molecule has 0 fully saturated rings. The molecule has 0 spiro atoms. The highest BCUT2D eigenvalue weighted by molar-refractivity contribution is 9.11. The van der Waals surface area contributed by atoms with Crippen molar-refractivity contribution in [2.24, 2.45) is 0 Å². The maximum absolute atomic E-state index is 12.7. The largest absolute Gasteiger partial charge is 0.421 e. The Bertz CT molecular complexity index is 1470. The standard InChI is InChI=1S/C29H19Br5O4/c1-29(2,18-12-21(31)25(22(32)13-18)37-27(35)16-6-4-3-5-7-16)19-14-23(33)26(24(34)15-19)38-28(36)17-8-10-20(30)11-9-17/h3-15H,1-2H3. The van der Waals surface area contributed by atoms with Crippen LogP contribution in [0, 0.1) is 0 Å². The third-order valence-corrected chi connectivity index (χ3v) is 8.80. The SMILES string of the molecule is CC(C)(c1cc(Br)c(OC(=O)c2ccccc2)c(Br)c1)c1cc(Br)c(OC(=O)c2ccc(Br)cc2)c(Br)c1. The molecule has 194 valence electrons. The van der Waals surface area contributed by atoms with Crippen molar-refractivity contribution in [3.63, 3.8) is 0 Å². The van der Waals surface area contributed by atoms with Gasteiger partial charge in [0.05, 0.1) is 29.0 Å². The van der Waals surface area contributed by atoms with Gasteiger partial charge < -0.3 is 9.47 Å². The zero-order valence-electron chi connectivity index (χ0n) is 20.0. The van der Waals surface area contributed by atoms with E-state index in [2.05, 4.69) is 93.5 Å². The average molecular weight is 831 g/mol. The van der Waals surface area contributed by atoms with Crippen LogP contribution in [-0.2, 0) is 5.41 Å². The van der Waals surface area contributed by atoms with Crippen molar-refractivity contribution in [3.8, 4) is 11.5 Å². The van der Waals surface area contributed by atoms with E-state index in [1.54, 1.807) is 48.5 Å². The fourth-order valence-electron chi connectivity index (χ4n) is 3.67. The number of hydrogen-bond acceptors (Lipinski definition) is 4. The van der Waals surface area contributed by atoms with Crippen molar-refractivity contribution in [3.05, 3.63) is 123 Å². The van der Waals surface area contributed by atoms with Crippen molar-refractivity contribution in [2.45, 2.75) is 19.3 Å². The Balaban J connectivity index is 1.60. The number of benzene rings is 4. The summed E-state index contributed by atoms with van der Waals surface area (Å²) in [6, 6.07) is 23.5. The second kappa shape index (κ2) is 12.2. The quantitative estimate of drug-likeness (QED) is 0.144. The summed E-state index contributed by atoms with van der Waals surface area (Å²) in [4.78, 5) is 25.3. The van der Waals surface area contributed by atoms with Gasteiger partial charge in [0.25, 0.3) is 0 Å². The second-order valence-electron chi connectivity index (χ2n) is 8.81. The first-order valence-electron chi connectivity index (χ1n) is 11.2. The van der Waals surface area contributed by atoms with Gasteiger partial charge in [-0.15, -0.1) is 0 Å². The molecular formula is C29H19Br5O4. The molecule has 0 radical (unpaired) electrons. The van der Waals surface area contributed by atoms with Crippen LogP contribution in [-0.4, -0.2) is 11.9 Å². The van der Waals surface area contributed by atoms with Gasteiger partial charge in [-0.25, -0.2) is 9.59 Å². The van der Waals surface area contributed by atoms with Crippen molar-refractivity contribution in [2.75, 3.05) is 0 Å². The van der Waals surface area contributed by atoms with Gasteiger partial charge in [0.1, 0.15) is 0 Å². The van der Waals surface area contributed by atoms with E-state index in [-0.39, 0.29) is 0 Å². The molecule has 0 amide bonds. The number of carbonyl (C=O) groups excluding carboxylic acids is 2. The van der Waals surface area contributed by atoms with Crippen molar-refractivity contribution < 1.29 is 19.1 Å². The normalized spacial score (nSPS) is 11.2. The fourth-order valence-corrected chi connectivity index (χ4v) is 6.63. The smallest absolute Gasteiger partial charge is 0.343 e. The molecule has 0 aliphatic carbocycles. The monoisotopic (exact) mass is 826 g/mol. The van der Waals surface area contributed by atoms with E-state index in [0.717, 1.165) is 15.6 Å². The molecule has 0 bridgehead atoms. The zero-order valence-corrected chi connectivity index (χ0v) is 28.0. The molecule has 0 aromatic heterocycles. The molecule has 0 unspecified atom stereocenters. The van der Waals surface area contributed by atoms with Crippen LogP contribution in [0.15, 0.2) is 101 Å². The highest BCUT2D eigenvalue weighted by atomic mass is 79.9. The summed E-state index contributed by atoms with van der Waals surface area (Å²) in [6.07, 6.45) is 0. The summed E-state index contributed by atoms with van der Waals surface area (Å²) in [5.41, 5.74) is 2.37. The Hall–Kier alpha value is -1.78. The first-order valence-corrected chi connectivity index (χ1v) is 15.2. The molecule has 4 aromatic rings. The summed E-state index contributed by atoms with van der Waals surface area (Å²) in [5.74, 6) is -0.112. The number of hydrogen-bond donors (Lipinski definition) is 0. The molecule has 0 atom stereocenters. The Morgan fingerprint density at radius 2 is 0.947 bits per heavy atom. The third kappa shape index (κ3) is 6.50. The fraction of sp³-hybridized carbons (Fsp3) is 0.103. The first kappa shape index (κ1) is 29.2. The molecule has 0 heterocycles. The number of carbonyl (C=O) groups is 2. The average Bonchev–Trinajstić information content (AvgIpc) is 2.88. The van der Waals surface area contributed by atoms with Gasteiger partial charge in [-0.2, -0.15) is 0 Å². The molecule has 38 heavy (non-hydrogen) atoms. The predicted molar refractivity (Wildman–Crippen MR) is 166 cm³/mol. The lowest BCUT2D eigenvalue weighted by Gasteiger charge is -2.28. The number of rotatable bonds is 6. The molecule has 0 saturated heterocycles. The molecule has 0 aliphatic heterocycles. The number of esters is 2. The van der Waals surface area contributed by atoms with Crippen LogP contribution in [0.1, 0.15) is 45.7 Å². The Kier molecular flexibility index (Phi) is 9.35. The van der Waals surface area contributed by atoms with Gasteiger partial charge in [-0.1, -0.05) is 48.0 Å². The van der Waals surface area contributed by atoms with E-state index in [1.165, 1.54) is 0 Å². The molecule has 0 aliphatic rings. The van der Waals surface area contributed by atoms with Crippen LogP contribution < -0.4 is 9.47 Å². The van der Waals surface area contributed by atoms with Crippen LogP contribution in [0.4, 0.5) is 0 Å². The van der Waals surface area contributed by atoms with E-state index in [0.29, 0.717) is 40.5 Å². The van der Waals surface area contributed by atoms with Crippen LogP contribution in [0.3, 0.4) is 0 Å². The van der Waals surface area contributed by atoms with Gasteiger partial charge >= 0.3 is 11.9 Å². The summed E-state index contributed by atoms with van der Waals surface area (Å²) >= 11 is 17.7. The van der Waals surface area contributed by atoms with E-state index in [1.807, 2.05) is 30.3 Å². The van der Waals surface area contributed by atoms with Crippen molar-refractivity contribution in [1.82, 2.24) is 0 Å². The molecule has 0 N–H and O–H groups in total. The maximum atomic E-state index is 12.7. The van der Waals surface area contributed by atoms with E-state index >= 15 is 0 Å². The Morgan fingerprint density at radius 3 is 1.34 bits per heavy atom. The van der Waals surface area contributed by atoms with Gasteiger partial charge in [0.15, 0.2) is 11.5 Å². The molecule has 4 rings (SSSR count). The topological polar surface area (TPSA) is 52.6 Å². The first-order chi connectivity index (χ1) is 18.0. The van der Waals surface area contributed by atoms with Crippen LogP contribution in [0.5, 0.6) is 11.5 Å². The maximum Gasteiger partial charge on any atom is 0.343 e. The van der Waals surface area contributed by atoms with Crippen LogP contribution in [0.25, 0.3) is 0 Å². The van der Waals surface area contributed by atoms with Gasteiger partial charge in [-0.3, -0.25) is 0 Å². The predicted octanol–water partition coefficient (Wildman–Crippen LogP) is 10.3. The van der Waals surface area contributed by atoms with Crippen LogP contribution >= 0.6 is 79.6 Å². The summed E-state index contributed by atoms with van der Waals surface area (Å²) < 4.78 is 14.8. The highest BCUT2D eigenvalue weighted by Crippen LogP contribution is 2.44. The lowest BCUT2D eigenvalue weighted by molar-refractivity contribution is 0.0722. The van der Waals surface area contributed by atoms with Crippen molar-refractivity contribution in [1.29, 1.82) is 0 Å². The van der Waals surface area contributed by atoms with E-state index in [9.17, 15) is 9.59 Å². The zero-order chi connectivity index (χ0) is 27.6. The minimum Gasteiger partial charge on any atom is -0.421 e. The summed E-state index contributed by atoms with van der Waals surface area (Å²) in [7, 11) is 0. The minimum absolute atomic E-state index is 0.392. The van der Waals surface area contributed by atoms with E-state index in [4.69, 9.17) is 9.47 Å². The molecule has 0 saturated carbocycles. The molecule has 4 nitrogen and oxygen atoms in total. The summed E-state index contributed by atoms with van der Waals surface area (Å²) in [5, 5.41) is 0. The Labute approximate surface area is 262 Å². The lowest BCUT2D eigenvalue weighted by atomic mass is 9.78. The minimum atomic E-state index is -0.466. The second-order valence-corrected chi connectivity index (χ2v) is 13.1. The summed E-state index contributed by atoms with van der Waals surface area (Å²) in [6.45, 7) is 4.16. The van der Waals surface area contributed by atoms with E-state index < -0.39 is 17.4 Å². The van der Waals surface area contributed by atoms with Gasteiger partial charge in [0.2, 0.25) is 0 Å². The lowest BCUT2D eigenvalue weighted by Crippen LogP contribution is -2.20. The number of ether oxygens (including phenoxy) is 2. The van der Waals surface area contributed by atoms with Crippen molar-refractivity contribution >= 4 is 91.6 Å². The molecular weight excluding hydrogens is 812 g/mol. The molecule has 4 aromatic carbocycles. The molecule has 9 heteroatoms. The van der Waals surface area contributed by atoms with Crippen LogP contribution in [0.2, 0.25) is 0 Å². The number of halogens is 5. The highest BCUT2D eigenvalue weighted by Gasteiger charge is 2.28. The van der Waals surface area contributed by atoms with Gasteiger partial charge in [0, 0.05) is 9.89 Å². The van der Waals surface area contributed by atoms with Gasteiger partial charge in [-0.05, 0) is 136 Å². The Morgan fingerprint density at radius 1 is 0.579 bits per heavy atom.